The van der Waals surface area contributed by atoms with Crippen molar-refractivity contribution < 1.29 is 19.4 Å². The molecule has 1 saturated heterocycles. The Bertz CT molecular complexity index is 532. The number of carbonyl (C=O) groups excluding carboxylic acids is 1. The molecule has 1 fully saturated rings. The van der Waals surface area contributed by atoms with E-state index in [2.05, 4.69) is 5.32 Å². The summed E-state index contributed by atoms with van der Waals surface area (Å²) in [5, 5.41) is 12.0. The van der Waals surface area contributed by atoms with Gasteiger partial charge in [0.1, 0.15) is 5.41 Å². The third kappa shape index (κ3) is 2.91. The molecular weight excluding hydrogens is 260 g/mol. The maximum absolute atomic E-state index is 12.0. The highest BCUT2D eigenvalue weighted by Gasteiger charge is 2.47. The van der Waals surface area contributed by atoms with E-state index in [1.807, 2.05) is 0 Å². The van der Waals surface area contributed by atoms with Crippen LogP contribution in [-0.2, 0) is 20.7 Å². The summed E-state index contributed by atoms with van der Waals surface area (Å²) in [5.41, 5.74) is 5.96. The molecule has 20 heavy (non-hydrogen) atoms. The zero-order valence-electron chi connectivity index (χ0n) is 11.3. The molecule has 0 radical (unpaired) electrons. The monoisotopic (exact) mass is 278 g/mol. The van der Waals surface area contributed by atoms with Gasteiger partial charge in [0.05, 0.1) is 25.7 Å². The number of carboxylic acid groups (broad SMARTS) is 1. The van der Waals surface area contributed by atoms with Crippen molar-refractivity contribution in [3.8, 4) is 0 Å². The number of anilines is 1. The second kappa shape index (κ2) is 5.50. The Morgan fingerprint density at radius 1 is 1.55 bits per heavy atom. The SMILES string of the molecule is CC1(C(=O)O)COCC1NC(=O)Cc1cccc(N)c1. The molecule has 1 amide bonds. The molecule has 2 rings (SSSR count). The number of benzene rings is 1. The van der Waals surface area contributed by atoms with Crippen molar-refractivity contribution >= 4 is 17.6 Å². The fourth-order valence-electron chi connectivity index (χ4n) is 2.22. The van der Waals surface area contributed by atoms with Gasteiger partial charge in [0.15, 0.2) is 0 Å². The second-order valence-electron chi connectivity index (χ2n) is 5.28. The van der Waals surface area contributed by atoms with E-state index < -0.39 is 17.4 Å². The smallest absolute Gasteiger partial charge is 0.313 e. The highest BCUT2D eigenvalue weighted by molar-refractivity contribution is 5.81. The van der Waals surface area contributed by atoms with Crippen LogP contribution in [-0.4, -0.2) is 36.2 Å². The summed E-state index contributed by atoms with van der Waals surface area (Å²) >= 11 is 0. The number of amides is 1. The minimum atomic E-state index is -1.08. The number of ether oxygens (including phenoxy) is 1. The normalized spacial score (nSPS) is 25.4. The van der Waals surface area contributed by atoms with Crippen LogP contribution in [0.25, 0.3) is 0 Å². The van der Waals surface area contributed by atoms with Crippen LogP contribution in [0.5, 0.6) is 0 Å². The molecule has 0 aromatic heterocycles. The van der Waals surface area contributed by atoms with Gasteiger partial charge in [-0.1, -0.05) is 12.1 Å². The van der Waals surface area contributed by atoms with Crippen molar-refractivity contribution in [3.05, 3.63) is 29.8 Å². The standard InChI is InChI=1S/C14H18N2O4/c1-14(13(18)19)8-20-7-11(14)16-12(17)6-9-3-2-4-10(15)5-9/h2-5,11H,6-8,15H2,1H3,(H,16,17)(H,18,19). The first-order valence-corrected chi connectivity index (χ1v) is 6.37. The molecule has 1 aliphatic rings. The van der Waals surface area contributed by atoms with Gasteiger partial charge in [0.25, 0.3) is 0 Å². The Balaban J connectivity index is 2.00. The molecule has 1 aromatic carbocycles. The molecule has 6 heteroatoms. The van der Waals surface area contributed by atoms with Crippen molar-refractivity contribution in [2.45, 2.75) is 19.4 Å². The average molecular weight is 278 g/mol. The summed E-state index contributed by atoms with van der Waals surface area (Å²) in [6.45, 7) is 1.89. The van der Waals surface area contributed by atoms with Crippen LogP contribution in [0, 0.1) is 5.41 Å². The van der Waals surface area contributed by atoms with Crippen LogP contribution in [0.4, 0.5) is 5.69 Å². The van der Waals surface area contributed by atoms with Crippen LogP contribution in [0.3, 0.4) is 0 Å². The Hall–Kier alpha value is -2.08. The maximum atomic E-state index is 12.0. The number of hydrogen-bond acceptors (Lipinski definition) is 4. The summed E-state index contributed by atoms with van der Waals surface area (Å²) in [6, 6.07) is 6.53. The first-order chi connectivity index (χ1) is 9.41. The van der Waals surface area contributed by atoms with E-state index >= 15 is 0 Å². The van der Waals surface area contributed by atoms with Crippen LogP contribution in [0.15, 0.2) is 24.3 Å². The van der Waals surface area contributed by atoms with E-state index in [4.69, 9.17) is 10.5 Å². The van der Waals surface area contributed by atoms with Crippen molar-refractivity contribution in [1.82, 2.24) is 5.32 Å². The summed E-state index contributed by atoms with van der Waals surface area (Å²) in [4.78, 5) is 23.3. The van der Waals surface area contributed by atoms with Gasteiger partial charge >= 0.3 is 5.97 Å². The van der Waals surface area contributed by atoms with Crippen LogP contribution >= 0.6 is 0 Å². The molecular formula is C14H18N2O4. The third-order valence-electron chi connectivity index (χ3n) is 3.60. The molecule has 6 nitrogen and oxygen atoms in total. The summed E-state index contributed by atoms with van der Waals surface area (Å²) in [5.74, 6) is -1.21. The number of rotatable bonds is 4. The number of nitrogens with two attached hydrogens (primary N) is 1. The lowest BCUT2D eigenvalue weighted by atomic mass is 9.85. The molecule has 4 N–H and O–H groups in total. The lowest BCUT2D eigenvalue weighted by Crippen LogP contribution is -2.50. The number of carbonyl (C=O) groups is 2. The predicted molar refractivity (Wildman–Crippen MR) is 73.1 cm³/mol. The fraction of sp³-hybridized carbons (Fsp3) is 0.429. The first-order valence-electron chi connectivity index (χ1n) is 6.37. The topological polar surface area (TPSA) is 102 Å². The molecule has 2 unspecified atom stereocenters. The maximum Gasteiger partial charge on any atom is 0.313 e. The molecule has 2 atom stereocenters. The van der Waals surface area contributed by atoms with Crippen molar-refractivity contribution in [2.24, 2.45) is 5.41 Å². The number of nitrogens with one attached hydrogen (secondary N) is 1. The molecule has 0 spiro atoms. The van der Waals surface area contributed by atoms with Gasteiger partial charge in [-0.05, 0) is 24.6 Å². The van der Waals surface area contributed by atoms with E-state index in [9.17, 15) is 14.7 Å². The quantitative estimate of drug-likeness (QED) is 0.693. The van der Waals surface area contributed by atoms with Gasteiger partial charge in [-0.3, -0.25) is 9.59 Å². The minimum absolute atomic E-state index is 0.103. The van der Waals surface area contributed by atoms with Crippen LogP contribution < -0.4 is 11.1 Å². The minimum Gasteiger partial charge on any atom is -0.481 e. The predicted octanol–water partition coefficient (Wildman–Crippen LogP) is 0.417. The Labute approximate surface area is 116 Å². The molecule has 1 aliphatic heterocycles. The van der Waals surface area contributed by atoms with Gasteiger partial charge in [0, 0.05) is 5.69 Å². The van der Waals surface area contributed by atoms with Gasteiger partial charge in [-0.15, -0.1) is 0 Å². The van der Waals surface area contributed by atoms with Gasteiger partial charge in [0.2, 0.25) is 5.91 Å². The van der Waals surface area contributed by atoms with Crippen LogP contribution in [0.2, 0.25) is 0 Å². The average Bonchev–Trinajstić information content (AvgIpc) is 2.72. The second-order valence-corrected chi connectivity index (χ2v) is 5.28. The number of aliphatic carboxylic acids is 1. The zero-order valence-corrected chi connectivity index (χ0v) is 11.3. The molecule has 0 saturated carbocycles. The van der Waals surface area contributed by atoms with Gasteiger partial charge in [-0.25, -0.2) is 0 Å². The largest absolute Gasteiger partial charge is 0.481 e. The molecule has 0 bridgehead atoms. The highest BCUT2D eigenvalue weighted by atomic mass is 16.5. The number of nitrogen functional groups attached to an aromatic ring is 1. The van der Waals surface area contributed by atoms with E-state index in [1.54, 1.807) is 31.2 Å². The highest BCUT2D eigenvalue weighted by Crippen LogP contribution is 2.28. The van der Waals surface area contributed by atoms with Crippen molar-refractivity contribution in [1.29, 1.82) is 0 Å². The summed E-state index contributed by atoms with van der Waals surface area (Å²) in [7, 11) is 0. The fourth-order valence-corrected chi connectivity index (χ4v) is 2.22. The molecule has 108 valence electrons. The van der Waals surface area contributed by atoms with Crippen LogP contribution in [0.1, 0.15) is 12.5 Å². The van der Waals surface area contributed by atoms with E-state index in [-0.39, 0.29) is 25.5 Å². The summed E-state index contributed by atoms with van der Waals surface area (Å²) in [6.07, 6.45) is 0.164. The lowest BCUT2D eigenvalue weighted by Gasteiger charge is -2.25. The third-order valence-corrected chi connectivity index (χ3v) is 3.60. The molecule has 0 aliphatic carbocycles. The molecule has 1 heterocycles. The van der Waals surface area contributed by atoms with Crippen molar-refractivity contribution in [2.75, 3.05) is 18.9 Å². The Morgan fingerprint density at radius 3 is 2.95 bits per heavy atom. The first kappa shape index (κ1) is 14.3. The van der Waals surface area contributed by atoms with Crippen molar-refractivity contribution in [3.63, 3.8) is 0 Å². The molecule has 1 aromatic rings. The lowest BCUT2D eigenvalue weighted by molar-refractivity contribution is -0.149. The van der Waals surface area contributed by atoms with Gasteiger partial charge in [-0.2, -0.15) is 0 Å². The van der Waals surface area contributed by atoms with E-state index in [0.717, 1.165) is 5.56 Å². The Kier molecular flexibility index (Phi) is 3.94. The zero-order chi connectivity index (χ0) is 14.8. The van der Waals surface area contributed by atoms with E-state index in [1.165, 1.54) is 0 Å². The number of hydrogen-bond donors (Lipinski definition) is 3. The Morgan fingerprint density at radius 2 is 2.30 bits per heavy atom. The number of carboxylic acids is 1. The van der Waals surface area contributed by atoms with E-state index in [0.29, 0.717) is 5.69 Å². The van der Waals surface area contributed by atoms with Gasteiger partial charge < -0.3 is 20.9 Å². The summed E-state index contributed by atoms with van der Waals surface area (Å²) < 4.78 is 5.19.